The molecule has 1 rings (SSSR count). The lowest BCUT2D eigenvalue weighted by Crippen LogP contribution is -2.25. The number of hydrogen-bond acceptors (Lipinski definition) is 3. The molecule has 19 heavy (non-hydrogen) atoms. The van der Waals surface area contributed by atoms with E-state index in [-0.39, 0.29) is 6.61 Å². The van der Waals surface area contributed by atoms with Gasteiger partial charge in [-0.15, -0.1) is 0 Å². The third kappa shape index (κ3) is 7.15. The molecule has 0 aromatic heterocycles. The van der Waals surface area contributed by atoms with Crippen LogP contribution in [0.25, 0.3) is 0 Å². The van der Waals surface area contributed by atoms with Gasteiger partial charge in [0.15, 0.2) is 0 Å². The van der Waals surface area contributed by atoms with Crippen molar-refractivity contribution in [1.29, 1.82) is 0 Å². The van der Waals surface area contributed by atoms with Crippen molar-refractivity contribution in [2.45, 2.75) is 19.3 Å². The van der Waals surface area contributed by atoms with Crippen LogP contribution in [0.5, 0.6) is 0 Å². The van der Waals surface area contributed by atoms with E-state index in [4.69, 9.17) is 5.73 Å². The molecule has 0 amide bonds. The number of halogens is 3. The molecule has 1 aromatic rings. The molecular formula is C13H19F3N2O. The number of rotatable bonds is 7. The Morgan fingerprint density at radius 3 is 2.26 bits per heavy atom. The number of benzene rings is 1. The molecule has 0 bridgehead atoms. The van der Waals surface area contributed by atoms with Crippen LogP contribution in [0.1, 0.15) is 11.1 Å². The second kappa shape index (κ2) is 7.47. The molecule has 0 saturated carbocycles. The molecule has 6 heteroatoms. The molecule has 1 aromatic carbocycles. The number of nitrogens with zero attached hydrogens (tertiary/aromatic N) is 1. The van der Waals surface area contributed by atoms with Crippen LogP contribution in [-0.2, 0) is 17.8 Å². The highest BCUT2D eigenvalue weighted by Crippen LogP contribution is 2.14. The zero-order chi connectivity index (χ0) is 14.3. The normalized spacial score (nSPS) is 12.1. The van der Waals surface area contributed by atoms with Gasteiger partial charge in [-0.25, -0.2) is 0 Å². The number of likely N-dealkylation sites (N-methyl/N-ethyl adjacent to an activating group) is 1. The van der Waals surface area contributed by atoms with Crippen LogP contribution >= 0.6 is 0 Å². The van der Waals surface area contributed by atoms with E-state index in [0.717, 1.165) is 11.1 Å². The third-order valence-electron chi connectivity index (χ3n) is 2.59. The molecule has 0 radical (unpaired) electrons. The van der Waals surface area contributed by atoms with Crippen LogP contribution in [0.2, 0.25) is 0 Å². The molecule has 0 atom stereocenters. The van der Waals surface area contributed by atoms with Crippen LogP contribution < -0.4 is 5.73 Å². The smallest absolute Gasteiger partial charge is 0.371 e. The van der Waals surface area contributed by atoms with Gasteiger partial charge < -0.3 is 10.5 Å². The Hall–Kier alpha value is -1.11. The molecule has 0 fully saturated rings. The number of hydrogen-bond donors (Lipinski definition) is 1. The lowest BCUT2D eigenvalue weighted by atomic mass is 10.1. The van der Waals surface area contributed by atoms with Gasteiger partial charge in [-0.05, 0) is 18.2 Å². The van der Waals surface area contributed by atoms with Crippen molar-refractivity contribution < 1.29 is 17.9 Å². The highest BCUT2D eigenvalue weighted by Gasteiger charge is 2.27. The number of nitrogens with two attached hydrogens (primary N) is 1. The Balaban J connectivity index is 2.24. The fourth-order valence-electron chi connectivity index (χ4n) is 1.58. The van der Waals surface area contributed by atoms with E-state index in [1.54, 1.807) is 0 Å². The highest BCUT2D eigenvalue weighted by atomic mass is 19.4. The maximum absolute atomic E-state index is 11.8. The summed E-state index contributed by atoms with van der Waals surface area (Å²) in [5.74, 6) is 0. The van der Waals surface area contributed by atoms with Crippen molar-refractivity contribution in [3.05, 3.63) is 35.4 Å². The molecule has 0 saturated heterocycles. The molecule has 0 aliphatic carbocycles. The van der Waals surface area contributed by atoms with E-state index in [9.17, 15) is 13.2 Å². The van der Waals surface area contributed by atoms with E-state index in [0.29, 0.717) is 19.6 Å². The summed E-state index contributed by atoms with van der Waals surface area (Å²) in [7, 11) is 1.84. The van der Waals surface area contributed by atoms with E-state index in [2.05, 4.69) is 4.74 Å². The van der Waals surface area contributed by atoms with Crippen molar-refractivity contribution in [1.82, 2.24) is 4.90 Å². The van der Waals surface area contributed by atoms with Gasteiger partial charge in [-0.1, -0.05) is 24.3 Å². The SMILES string of the molecule is CN(CCOCC(F)(F)F)Cc1ccc(CN)cc1. The molecule has 0 aliphatic rings. The first-order chi connectivity index (χ1) is 8.90. The van der Waals surface area contributed by atoms with Gasteiger partial charge in [0.05, 0.1) is 6.61 Å². The fraction of sp³-hybridized carbons (Fsp3) is 0.538. The summed E-state index contributed by atoms with van der Waals surface area (Å²) in [6.07, 6.45) is -4.25. The maximum Gasteiger partial charge on any atom is 0.411 e. The molecule has 108 valence electrons. The van der Waals surface area contributed by atoms with Gasteiger partial charge in [0, 0.05) is 19.6 Å². The summed E-state index contributed by atoms with van der Waals surface area (Å²) in [4.78, 5) is 1.91. The Morgan fingerprint density at radius 1 is 1.16 bits per heavy atom. The molecule has 0 aliphatic heterocycles. The topological polar surface area (TPSA) is 38.5 Å². The maximum atomic E-state index is 11.8. The van der Waals surface area contributed by atoms with Crippen LogP contribution in [0.3, 0.4) is 0 Å². The Kier molecular flexibility index (Phi) is 6.27. The predicted molar refractivity (Wildman–Crippen MR) is 67.5 cm³/mol. The fourth-order valence-corrected chi connectivity index (χ4v) is 1.58. The number of ether oxygens (including phenoxy) is 1. The molecule has 2 N–H and O–H groups in total. The summed E-state index contributed by atoms with van der Waals surface area (Å²) in [5.41, 5.74) is 7.65. The summed E-state index contributed by atoms with van der Waals surface area (Å²) in [5, 5.41) is 0. The Labute approximate surface area is 111 Å². The minimum atomic E-state index is -4.25. The van der Waals surface area contributed by atoms with E-state index >= 15 is 0 Å². The summed E-state index contributed by atoms with van der Waals surface area (Å²) < 4.78 is 40.1. The predicted octanol–water partition coefficient (Wildman–Crippen LogP) is 2.16. The largest absolute Gasteiger partial charge is 0.411 e. The van der Waals surface area contributed by atoms with Crippen molar-refractivity contribution in [2.75, 3.05) is 26.8 Å². The summed E-state index contributed by atoms with van der Waals surface area (Å²) >= 11 is 0. The monoisotopic (exact) mass is 276 g/mol. The standard InChI is InChI=1S/C13H19F3N2O/c1-18(6-7-19-10-13(14,15)16)9-12-4-2-11(8-17)3-5-12/h2-5H,6-10,17H2,1H3. The van der Waals surface area contributed by atoms with Gasteiger partial charge in [0.1, 0.15) is 6.61 Å². The van der Waals surface area contributed by atoms with Crippen molar-refractivity contribution >= 4 is 0 Å². The Morgan fingerprint density at radius 2 is 1.74 bits per heavy atom. The second-order valence-corrected chi connectivity index (χ2v) is 4.43. The Bertz CT molecular complexity index is 365. The van der Waals surface area contributed by atoms with Gasteiger partial charge >= 0.3 is 6.18 Å². The molecule has 3 nitrogen and oxygen atoms in total. The number of alkyl halides is 3. The summed E-state index contributed by atoms with van der Waals surface area (Å²) in [6.45, 7) is 0.499. The molecule has 0 unspecified atom stereocenters. The lowest BCUT2D eigenvalue weighted by Gasteiger charge is -2.17. The zero-order valence-electron chi connectivity index (χ0n) is 10.9. The summed E-state index contributed by atoms with van der Waals surface area (Å²) in [6, 6.07) is 7.83. The van der Waals surface area contributed by atoms with Crippen LogP contribution in [0.15, 0.2) is 24.3 Å². The third-order valence-corrected chi connectivity index (χ3v) is 2.59. The first-order valence-corrected chi connectivity index (χ1v) is 6.01. The lowest BCUT2D eigenvalue weighted by molar-refractivity contribution is -0.174. The minimum absolute atomic E-state index is 0.0664. The van der Waals surface area contributed by atoms with Crippen molar-refractivity contribution in [2.24, 2.45) is 5.73 Å². The van der Waals surface area contributed by atoms with Crippen LogP contribution in [0, 0.1) is 0 Å². The van der Waals surface area contributed by atoms with Crippen molar-refractivity contribution in [3.8, 4) is 0 Å². The average Bonchev–Trinajstić information content (AvgIpc) is 2.34. The zero-order valence-corrected chi connectivity index (χ0v) is 10.9. The molecule has 0 spiro atoms. The van der Waals surface area contributed by atoms with Crippen molar-refractivity contribution in [3.63, 3.8) is 0 Å². The minimum Gasteiger partial charge on any atom is -0.371 e. The van der Waals surface area contributed by atoms with Gasteiger partial charge in [-0.3, -0.25) is 4.90 Å². The second-order valence-electron chi connectivity index (χ2n) is 4.43. The molecular weight excluding hydrogens is 257 g/mol. The van der Waals surface area contributed by atoms with Gasteiger partial charge in [0.2, 0.25) is 0 Å². The van der Waals surface area contributed by atoms with E-state index in [1.807, 2.05) is 36.2 Å². The first kappa shape index (κ1) is 15.9. The van der Waals surface area contributed by atoms with Gasteiger partial charge in [-0.2, -0.15) is 13.2 Å². The first-order valence-electron chi connectivity index (χ1n) is 6.01. The molecule has 0 heterocycles. The van der Waals surface area contributed by atoms with Crippen LogP contribution in [-0.4, -0.2) is 37.9 Å². The van der Waals surface area contributed by atoms with E-state index in [1.165, 1.54) is 0 Å². The quantitative estimate of drug-likeness (QED) is 0.776. The van der Waals surface area contributed by atoms with Crippen LogP contribution in [0.4, 0.5) is 13.2 Å². The average molecular weight is 276 g/mol. The van der Waals surface area contributed by atoms with E-state index < -0.39 is 12.8 Å². The highest BCUT2D eigenvalue weighted by molar-refractivity contribution is 5.22. The van der Waals surface area contributed by atoms with Gasteiger partial charge in [0.25, 0.3) is 0 Å².